The van der Waals surface area contributed by atoms with Crippen LogP contribution in [0, 0.1) is 24.1 Å². The molecular weight excluding hydrogens is 257 g/mol. The summed E-state index contributed by atoms with van der Waals surface area (Å²) in [6.07, 6.45) is 0. The van der Waals surface area contributed by atoms with Crippen molar-refractivity contribution in [1.82, 2.24) is 0 Å². The van der Waals surface area contributed by atoms with Crippen LogP contribution in [0.3, 0.4) is 0 Å². The Kier molecular flexibility index (Phi) is 3.67. The lowest BCUT2D eigenvalue weighted by Gasteiger charge is -2.09. The first-order valence-electron chi connectivity index (χ1n) is 5.89. The van der Waals surface area contributed by atoms with Gasteiger partial charge in [0.15, 0.2) is 0 Å². The number of carbonyl (C=O) groups is 1. The van der Waals surface area contributed by atoms with Gasteiger partial charge in [-0.15, -0.1) is 0 Å². The summed E-state index contributed by atoms with van der Waals surface area (Å²) in [6.45, 7) is 1.75. The molecule has 20 heavy (non-hydrogen) atoms. The van der Waals surface area contributed by atoms with Crippen LogP contribution in [-0.4, -0.2) is 5.91 Å². The number of nitrogen functional groups attached to an aromatic ring is 1. The number of nitrogens with two attached hydrogens (primary N) is 1. The number of benzene rings is 2. The molecule has 100 valence electrons. The van der Waals surface area contributed by atoms with Crippen LogP contribution in [0.1, 0.15) is 21.5 Å². The Morgan fingerprint density at radius 3 is 2.80 bits per heavy atom. The average Bonchev–Trinajstić information content (AvgIpc) is 2.43. The highest BCUT2D eigenvalue weighted by Crippen LogP contribution is 2.19. The van der Waals surface area contributed by atoms with Gasteiger partial charge in [0.25, 0.3) is 5.91 Å². The van der Waals surface area contributed by atoms with E-state index in [1.807, 2.05) is 0 Å². The molecule has 1 amide bonds. The zero-order valence-corrected chi connectivity index (χ0v) is 10.8. The zero-order chi connectivity index (χ0) is 14.7. The van der Waals surface area contributed by atoms with Gasteiger partial charge in [-0.2, -0.15) is 5.26 Å². The second-order valence-electron chi connectivity index (χ2n) is 4.28. The predicted octanol–water partition coefficient (Wildman–Crippen LogP) is 2.84. The van der Waals surface area contributed by atoms with Crippen molar-refractivity contribution in [2.45, 2.75) is 6.92 Å². The van der Waals surface area contributed by atoms with Crippen molar-refractivity contribution in [1.29, 1.82) is 5.26 Å². The van der Waals surface area contributed by atoms with E-state index in [4.69, 9.17) is 11.0 Å². The highest BCUT2D eigenvalue weighted by Gasteiger charge is 2.11. The lowest BCUT2D eigenvalue weighted by molar-refractivity contribution is 0.102. The number of halogens is 1. The topological polar surface area (TPSA) is 78.9 Å². The van der Waals surface area contributed by atoms with Gasteiger partial charge in [0.05, 0.1) is 5.56 Å². The highest BCUT2D eigenvalue weighted by molar-refractivity contribution is 6.06. The Labute approximate surface area is 115 Å². The molecule has 0 saturated heterocycles. The number of nitrogens with one attached hydrogen (secondary N) is 1. The van der Waals surface area contributed by atoms with Crippen LogP contribution in [0.2, 0.25) is 0 Å². The summed E-state index contributed by atoms with van der Waals surface area (Å²) >= 11 is 0. The van der Waals surface area contributed by atoms with Gasteiger partial charge in [-0.25, -0.2) is 4.39 Å². The molecule has 2 aromatic carbocycles. The van der Waals surface area contributed by atoms with Gasteiger partial charge in [0.1, 0.15) is 11.9 Å². The van der Waals surface area contributed by atoms with Crippen molar-refractivity contribution in [3.05, 3.63) is 58.9 Å². The molecule has 0 spiro atoms. The van der Waals surface area contributed by atoms with E-state index in [0.717, 1.165) is 6.07 Å². The summed E-state index contributed by atoms with van der Waals surface area (Å²) in [7, 11) is 0. The van der Waals surface area contributed by atoms with Crippen molar-refractivity contribution in [2.75, 3.05) is 11.1 Å². The number of hydrogen-bond donors (Lipinski definition) is 2. The molecule has 0 saturated carbocycles. The van der Waals surface area contributed by atoms with E-state index >= 15 is 0 Å². The molecule has 0 heterocycles. The monoisotopic (exact) mass is 269 g/mol. The van der Waals surface area contributed by atoms with Crippen LogP contribution in [0.25, 0.3) is 0 Å². The van der Waals surface area contributed by atoms with Gasteiger partial charge in [0, 0.05) is 16.9 Å². The molecule has 0 unspecified atom stereocenters. The molecule has 0 fully saturated rings. The second-order valence-corrected chi connectivity index (χ2v) is 4.28. The third-order valence-corrected chi connectivity index (χ3v) is 2.97. The minimum absolute atomic E-state index is 0.118. The maximum absolute atomic E-state index is 13.2. The van der Waals surface area contributed by atoms with Crippen LogP contribution in [0.5, 0.6) is 0 Å². The van der Waals surface area contributed by atoms with E-state index in [0.29, 0.717) is 22.5 Å². The van der Waals surface area contributed by atoms with E-state index in [9.17, 15) is 9.18 Å². The van der Waals surface area contributed by atoms with E-state index in [1.165, 1.54) is 12.1 Å². The number of amides is 1. The molecule has 0 radical (unpaired) electrons. The molecule has 4 nitrogen and oxygen atoms in total. The molecule has 5 heteroatoms. The van der Waals surface area contributed by atoms with Crippen LogP contribution < -0.4 is 11.1 Å². The molecule has 0 aromatic heterocycles. The summed E-state index contributed by atoms with van der Waals surface area (Å²) in [5, 5.41) is 11.4. The first kappa shape index (κ1) is 13.6. The molecule has 3 N–H and O–H groups in total. The Balaban J connectivity index is 2.29. The zero-order valence-electron chi connectivity index (χ0n) is 10.8. The Bertz CT molecular complexity index is 720. The standard InChI is InChI=1S/C15H12FN3O/c1-9-12(3-2-4-14(9)18)15(20)19-11-5-6-13(16)10(7-11)8-17/h2-7H,18H2,1H3,(H,19,20). The lowest BCUT2D eigenvalue weighted by Crippen LogP contribution is -2.14. The molecule has 2 aromatic rings. The van der Waals surface area contributed by atoms with Crippen LogP contribution in [0.15, 0.2) is 36.4 Å². The lowest BCUT2D eigenvalue weighted by atomic mass is 10.1. The third kappa shape index (κ3) is 2.59. The van der Waals surface area contributed by atoms with E-state index in [2.05, 4.69) is 5.32 Å². The maximum atomic E-state index is 13.2. The van der Waals surface area contributed by atoms with E-state index in [-0.39, 0.29) is 11.5 Å². The maximum Gasteiger partial charge on any atom is 0.256 e. The second kappa shape index (κ2) is 5.41. The van der Waals surface area contributed by atoms with Gasteiger partial charge in [-0.1, -0.05) is 6.07 Å². The van der Waals surface area contributed by atoms with Crippen molar-refractivity contribution in [2.24, 2.45) is 0 Å². The fourth-order valence-electron chi connectivity index (χ4n) is 1.79. The van der Waals surface area contributed by atoms with Crippen molar-refractivity contribution in [3.8, 4) is 6.07 Å². The minimum Gasteiger partial charge on any atom is -0.398 e. The van der Waals surface area contributed by atoms with Gasteiger partial charge >= 0.3 is 0 Å². The normalized spacial score (nSPS) is 9.85. The summed E-state index contributed by atoms with van der Waals surface area (Å²) in [5.41, 5.74) is 7.62. The van der Waals surface area contributed by atoms with Crippen molar-refractivity contribution in [3.63, 3.8) is 0 Å². The molecule has 0 bridgehead atoms. The van der Waals surface area contributed by atoms with Crippen LogP contribution in [0.4, 0.5) is 15.8 Å². The number of nitrogens with zero attached hydrogens (tertiary/aromatic N) is 1. The van der Waals surface area contributed by atoms with Crippen LogP contribution in [-0.2, 0) is 0 Å². The smallest absolute Gasteiger partial charge is 0.256 e. The summed E-state index contributed by atoms with van der Waals surface area (Å²) < 4.78 is 13.2. The third-order valence-electron chi connectivity index (χ3n) is 2.97. The number of hydrogen-bond acceptors (Lipinski definition) is 3. The largest absolute Gasteiger partial charge is 0.398 e. The summed E-state index contributed by atoms with van der Waals surface area (Å²) in [4.78, 5) is 12.1. The molecular formula is C15H12FN3O. The molecule has 0 aliphatic heterocycles. The van der Waals surface area contributed by atoms with Gasteiger partial charge in [-0.3, -0.25) is 4.79 Å². The summed E-state index contributed by atoms with van der Waals surface area (Å²) in [6, 6.07) is 10.6. The number of nitriles is 1. The van der Waals surface area contributed by atoms with E-state index < -0.39 is 5.82 Å². The number of carbonyl (C=O) groups excluding carboxylic acids is 1. The fourth-order valence-corrected chi connectivity index (χ4v) is 1.79. The van der Waals surface area contributed by atoms with Crippen molar-refractivity contribution < 1.29 is 9.18 Å². The first-order chi connectivity index (χ1) is 9.52. The van der Waals surface area contributed by atoms with Gasteiger partial charge < -0.3 is 11.1 Å². The van der Waals surface area contributed by atoms with Gasteiger partial charge in [0.2, 0.25) is 0 Å². The predicted molar refractivity (Wildman–Crippen MR) is 74.7 cm³/mol. The van der Waals surface area contributed by atoms with Gasteiger partial charge in [-0.05, 0) is 42.8 Å². The quantitative estimate of drug-likeness (QED) is 0.823. The minimum atomic E-state index is -0.620. The number of anilines is 2. The number of rotatable bonds is 2. The molecule has 0 atom stereocenters. The highest BCUT2D eigenvalue weighted by atomic mass is 19.1. The SMILES string of the molecule is Cc1c(N)cccc1C(=O)Nc1ccc(F)c(C#N)c1. The fraction of sp³-hybridized carbons (Fsp3) is 0.0667. The van der Waals surface area contributed by atoms with Crippen molar-refractivity contribution >= 4 is 17.3 Å². The average molecular weight is 269 g/mol. The first-order valence-corrected chi connectivity index (χ1v) is 5.89. The Morgan fingerprint density at radius 2 is 2.10 bits per heavy atom. The van der Waals surface area contributed by atoms with Crippen LogP contribution >= 0.6 is 0 Å². The molecule has 2 rings (SSSR count). The molecule has 0 aliphatic rings. The summed E-state index contributed by atoms with van der Waals surface area (Å²) in [5.74, 6) is -0.976. The Hall–Kier alpha value is -2.87. The Morgan fingerprint density at radius 1 is 1.35 bits per heavy atom. The van der Waals surface area contributed by atoms with E-state index in [1.54, 1.807) is 31.2 Å². The molecule has 0 aliphatic carbocycles.